The quantitative estimate of drug-likeness (QED) is 0.430. The van der Waals surface area contributed by atoms with Crippen LogP contribution in [0.4, 0.5) is 13.2 Å². The second kappa shape index (κ2) is 11.3. The summed E-state index contributed by atoms with van der Waals surface area (Å²) in [5.74, 6) is -5.07. The van der Waals surface area contributed by atoms with E-state index in [2.05, 4.69) is 15.4 Å². The van der Waals surface area contributed by atoms with Gasteiger partial charge >= 0.3 is 18.1 Å². The van der Waals surface area contributed by atoms with Gasteiger partial charge in [0.25, 0.3) is 0 Å². The number of piperidine rings is 2. The van der Waals surface area contributed by atoms with Crippen molar-refractivity contribution in [1.82, 2.24) is 15.5 Å². The van der Waals surface area contributed by atoms with Crippen molar-refractivity contribution in [2.24, 2.45) is 5.92 Å². The molecule has 170 valence electrons. The average molecular weight is 437 g/mol. The monoisotopic (exact) mass is 437 g/mol. The Morgan fingerprint density at radius 1 is 1.10 bits per heavy atom. The maximum Gasteiger partial charge on any atom is 0.491 e. The van der Waals surface area contributed by atoms with Gasteiger partial charge in [0.2, 0.25) is 11.8 Å². The third-order valence-corrected chi connectivity index (χ3v) is 4.94. The first-order valence-electron chi connectivity index (χ1n) is 9.86. The lowest BCUT2D eigenvalue weighted by Gasteiger charge is -2.32. The number of amides is 2. The Morgan fingerprint density at radius 3 is 2.47 bits per heavy atom. The highest BCUT2D eigenvalue weighted by molar-refractivity contribution is 5.88. The highest BCUT2D eigenvalue weighted by Crippen LogP contribution is 2.18. The Labute approximate surface area is 171 Å². The summed E-state index contributed by atoms with van der Waals surface area (Å²) in [7, 11) is 0. The van der Waals surface area contributed by atoms with Gasteiger partial charge in [-0.1, -0.05) is 0 Å². The standard InChI is InChI=1S/C18H26F3N3O6/c19-18(20,21)17(28)30-15(26)5-8-23-16(27)12-2-1-9-24(10-12)14(25)11-29-13-3-6-22-7-4-13/h12-13,22H,1-11H2,(H,23,27)/t12-/m1/s1. The van der Waals surface area contributed by atoms with Crippen LogP contribution in [0.3, 0.4) is 0 Å². The zero-order valence-corrected chi connectivity index (χ0v) is 16.5. The molecule has 0 aromatic heterocycles. The van der Waals surface area contributed by atoms with Crippen LogP contribution in [0.1, 0.15) is 32.1 Å². The first kappa shape index (κ1) is 24.1. The van der Waals surface area contributed by atoms with Crippen molar-refractivity contribution >= 4 is 23.8 Å². The summed E-state index contributed by atoms with van der Waals surface area (Å²) in [6, 6.07) is 0. The lowest BCUT2D eigenvalue weighted by molar-refractivity contribution is -0.201. The molecule has 1 atom stereocenters. The van der Waals surface area contributed by atoms with E-state index in [4.69, 9.17) is 4.74 Å². The second-order valence-electron chi connectivity index (χ2n) is 7.24. The highest BCUT2D eigenvalue weighted by Gasteiger charge is 2.42. The molecule has 12 heteroatoms. The number of hydrogen-bond acceptors (Lipinski definition) is 7. The van der Waals surface area contributed by atoms with Gasteiger partial charge in [-0.2, -0.15) is 13.2 Å². The number of carbonyl (C=O) groups is 4. The minimum atomic E-state index is -5.26. The van der Waals surface area contributed by atoms with E-state index in [1.165, 1.54) is 0 Å². The summed E-state index contributed by atoms with van der Waals surface area (Å²) in [5, 5.41) is 5.64. The minimum Gasteiger partial charge on any atom is -0.386 e. The van der Waals surface area contributed by atoms with Crippen molar-refractivity contribution in [1.29, 1.82) is 0 Å². The van der Waals surface area contributed by atoms with Crippen LogP contribution in [-0.2, 0) is 28.7 Å². The number of alkyl halides is 3. The van der Waals surface area contributed by atoms with E-state index in [0.29, 0.717) is 19.4 Å². The maximum atomic E-state index is 12.4. The molecule has 0 aliphatic carbocycles. The first-order valence-corrected chi connectivity index (χ1v) is 9.86. The van der Waals surface area contributed by atoms with E-state index in [-0.39, 0.29) is 31.7 Å². The van der Waals surface area contributed by atoms with E-state index in [0.717, 1.165) is 25.9 Å². The zero-order valence-electron chi connectivity index (χ0n) is 16.5. The molecule has 2 rings (SSSR count). The van der Waals surface area contributed by atoms with Crippen LogP contribution in [0.25, 0.3) is 0 Å². The van der Waals surface area contributed by atoms with E-state index in [1.807, 2.05) is 0 Å². The Balaban J connectivity index is 1.68. The van der Waals surface area contributed by atoms with Crippen LogP contribution < -0.4 is 10.6 Å². The number of hydrogen-bond donors (Lipinski definition) is 2. The Hall–Kier alpha value is -2.21. The molecule has 0 aromatic carbocycles. The molecule has 9 nitrogen and oxygen atoms in total. The third kappa shape index (κ3) is 7.90. The fourth-order valence-corrected chi connectivity index (χ4v) is 3.30. The van der Waals surface area contributed by atoms with Gasteiger partial charge in [-0.25, -0.2) is 4.79 Å². The largest absolute Gasteiger partial charge is 0.491 e. The zero-order chi connectivity index (χ0) is 22.1. The van der Waals surface area contributed by atoms with Gasteiger partial charge in [-0.3, -0.25) is 14.4 Å². The van der Waals surface area contributed by atoms with Crippen LogP contribution in [0.15, 0.2) is 0 Å². The van der Waals surface area contributed by atoms with Crippen LogP contribution in [0.5, 0.6) is 0 Å². The molecule has 0 bridgehead atoms. The predicted molar refractivity (Wildman–Crippen MR) is 95.9 cm³/mol. The van der Waals surface area contributed by atoms with E-state index in [9.17, 15) is 32.3 Å². The smallest absolute Gasteiger partial charge is 0.386 e. The summed E-state index contributed by atoms with van der Waals surface area (Å²) in [4.78, 5) is 48.0. The predicted octanol–water partition coefficient (Wildman–Crippen LogP) is 0.132. The fourth-order valence-electron chi connectivity index (χ4n) is 3.30. The van der Waals surface area contributed by atoms with Crippen molar-refractivity contribution < 1.29 is 41.8 Å². The maximum absolute atomic E-state index is 12.4. The Kier molecular flexibility index (Phi) is 9.03. The molecule has 2 fully saturated rings. The molecule has 0 saturated carbocycles. The third-order valence-electron chi connectivity index (χ3n) is 4.94. The molecule has 2 aliphatic heterocycles. The van der Waals surface area contributed by atoms with Crippen LogP contribution in [-0.4, -0.2) is 80.3 Å². The summed E-state index contributed by atoms with van der Waals surface area (Å²) >= 11 is 0. The van der Waals surface area contributed by atoms with Crippen LogP contribution in [0, 0.1) is 5.92 Å². The van der Waals surface area contributed by atoms with Gasteiger partial charge in [-0.05, 0) is 38.8 Å². The molecular formula is C18H26F3N3O6. The number of ether oxygens (including phenoxy) is 2. The number of halogens is 3. The lowest BCUT2D eigenvalue weighted by Crippen LogP contribution is -2.47. The normalized spacial score (nSPS) is 20.5. The molecule has 2 aliphatic rings. The van der Waals surface area contributed by atoms with Crippen molar-refractivity contribution in [3.05, 3.63) is 0 Å². The SMILES string of the molecule is O=C(CCNC(=O)[C@@H]1CCCN(C(=O)COC2CCNCC2)C1)OC(=O)C(F)(F)F. The lowest BCUT2D eigenvalue weighted by atomic mass is 9.97. The molecule has 2 saturated heterocycles. The minimum absolute atomic E-state index is 0.0436. The number of nitrogens with zero attached hydrogens (tertiary/aromatic N) is 1. The summed E-state index contributed by atoms with van der Waals surface area (Å²) in [6.07, 6.45) is -2.93. The number of esters is 2. The fraction of sp³-hybridized carbons (Fsp3) is 0.778. The number of rotatable bonds is 7. The molecule has 2 N–H and O–H groups in total. The molecular weight excluding hydrogens is 411 g/mol. The highest BCUT2D eigenvalue weighted by atomic mass is 19.4. The van der Waals surface area contributed by atoms with Crippen LogP contribution >= 0.6 is 0 Å². The molecule has 0 aromatic rings. The topological polar surface area (TPSA) is 114 Å². The average Bonchev–Trinajstić information content (AvgIpc) is 2.72. The summed E-state index contributed by atoms with van der Waals surface area (Å²) < 4.78 is 45.4. The first-order chi connectivity index (χ1) is 14.2. The Morgan fingerprint density at radius 2 is 1.80 bits per heavy atom. The van der Waals surface area contributed by atoms with Crippen molar-refractivity contribution in [3.63, 3.8) is 0 Å². The van der Waals surface area contributed by atoms with Crippen molar-refractivity contribution in [2.75, 3.05) is 39.3 Å². The Bertz CT molecular complexity index is 637. The van der Waals surface area contributed by atoms with Gasteiger partial charge in [0, 0.05) is 19.6 Å². The molecule has 0 spiro atoms. The van der Waals surface area contributed by atoms with Crippen LogP contribution in [0.2, 0.25) is 0 Å². The van der Waals surface area contributed by atoms with Gasteiger partial charge in [0.05, 0.1) is 18.4 Å². The van der Waals surface area contributed by atoms with E-state index >= 15 is 0 Å². The number of nitrogens with one attached hydrogen (secondary N) is 2. The second-order valence-corrected chi connectivity index (χ2v) is 7.24. The molecule has 0 radical (unpaired) electrons. The molecule has 30 heavy (non-hydrogen) atoms. The molecule has 0 unspecified atom stereocenters. The van der Waals surface area contributed by atoms with E-state index < -0.39 is 36.4 Å². The van der Waals surface area contributed by atoms with Gasteiger partial charge < -0.3 is 25.0 Å². The van der Waals surface area contributed by atoms with Gasteiger partial charge in [-0.15, -0.1) is 0 Å². The van der Waals surface area contributed by atoms with Crippen molar-refractivity contribution in [3.8, 4) is 0 Å². The van der Waals surface area contributed by atoms with Crippen molar-refractivity contribution in [2.45, 2.75) is 44.4 Å². The van der Waals surface area contributed by atoms with Gasteiger partial charge in [0.15, 0.2) is 0 Å². The number of likely N-dealkylation sites (tertiary alicyclic amines) is 1. The summed E-state index contributed by atoms with van der Waals surface area (Å²) in [5.41, 5.74) is 0. The summed E-state index contributed by atoms with van der Waals surface area (Å²) in [6.45, 7) is 2.11. The van der Waals surface area contributed by atoms with E-state index in [1.54, 1.807) is 4.90 Å². The molecule has 2 heterocycles. The number of carbonyl (C=O) groups excluding carboxylic acids is 4. The molecule has 2 amide bonds. The van der Waals surface area contributed by atoms with Gasteiger partial charge in [0.1, 0.15) is 6.61 Å².